The highest BCUT2D eigenvalue weighted by atomic mass is 16.1. The number of hydrogen-bond donors (Lipinski definition) is 0. The van der Waals surface area contributed by atoms with Crippen molar-refractivity contribution >= 4 is 6.29 Å². The molecular weight excluding hydrogens is 196 g/mol. The molecular formula is C15H22O. The van der Waals surface area contributed by atoms with E-state index in [2.05, 4.69) is 39.8 Å². The largest absolute Gasteiger partial charge is 0.299 e. The van der Waals surface area contributed by atoms with Crippen molar-refractivity contribution in [1.82, 2.24) is 0 Å². The van der Waals surface area contributed by atoms with Crippen molar-refractivity contribution in [3.8, 4) is 0 Å². The van der Waals surface area contributed by atoms with Gasteiger partial charge in [0.1, 0.15) is 6.29 Å². The van der Waals surface area contributed by atoms with Crippen molar-refractivity contribution in [1.29, 1.82) is 0 Å². The Balaban J connectivity index is 2.49. The second-order valence-electron chi connectivity index (χ2n) is 6.11. The summed E-state index contributed by atoms with van der Waals surface area (Å²) in [6.45, 7) is 9.22. The lowest BCUT2D eigenvalue weighted by Crippen LogP contribution is -2.31. The highest BCUT2D eigenvalue weighted by Gasteiger charge is 2.56. The third-order valence-corrected chi connectivity index (χ3v) is 4.90. The predicted octanol–water partition coefficient (Wildman–Crippen LogP) is 3.76. The van der Waals surface area contributed by atoms with Gasteiger partial charge in [-0.05, 0) is 43.1 Å². The second kappa shape index (κ2) is 3.58. The first-order valence-corrected chi connectivity index (χ1v) is 6.28. The van der Waals surface area contributed by atoms with E-state index in [0.717, 1.165) is 6.29 Å². The summed E-state index contributed by atoms with van der Waals surface area (Å²) >= 11 is 0. The molecule has 0 aromatic rings. The Hall–Kier alpha value is -0.850. The van der Waals surface area contributed by atoms with Gasteiger partial charge in [-0.2, -0.15) is 0 Å². The van der Waals surface area contributed by atoms with Crippen LogP contribution in [0.2, 0.25) is 0 Å². The number of rotatable bonds is 2. The molecule has 0 aromatic carbocycles. The van der Waals surface area contributed by atoms with Gasteiger partial charge in [0.2, 0.25) is 0 Å². The predicted molar refractivity (Wildman–Crippen MR) is 67.1 cm³/mol. The van der Waals surface area contributed by atoms with Gasteiger partial charge < -0.3 is 0 Å². The molecule has 1 fully saturated rings. The van der Waals surface area contributed by atoms with Gasteiger partial charge in [0.25, 0.3) is 0 Å². The average molecular weight is 218 g/mol. The van der Waals surface area contributed by atoms with E-state index in [0.29, 0.717) is 11.8 Å². The average Bonchev–Trinajstić information content (AvgIpc) is 2.62. The molecule has 1 saturated carbocycles. The maximum absolute atomic E-state index is 10.6. The van der Waals surface area contributed by atoms with Crippen molar-refractivity contribution in [2.45, 2.75) is 40.5 Å². The number of aldehydes is 1. The van der Waals surface area contributed by atoms with E-state index in [1.165, 1.54) is 18.4 Å². The molecule has 0 aromatic heterocycles. The van der Waals surface area contributed by atoms with Gasteiger partial charge in [0.15, 0.2) is 0 Å². The molecule has 3 atom stereocenters. The molecule has 0 spiro atoms. The van der Waals surface area contributed by atoms with Gasteiger partial charge in [-0.15, -0.1) is 0 Å². The lowest BCUT2D eigenvalue weighted by molar-refractivity contribution is -0.104. The number of hydrogen-bond acceptors (Lipinski definition) is 1. The van der Waals surface area contributed by atoms with Gasteiger partial charge in [-0.25, -0.2) is 0 Å². The number of fused-ring (bicyclic) bond motifs is 1. The van der Waals surface area contributed by atoms with Gasteiger partial charge >= 0.3 is 0 Å². The zero-order valence-corrected chi connectivity index (χ0v) is 10.8. The Morgan fingerprint density at radius 3 is 2.69 bits per heavy atom. The van der Waals surface area contributed by atoms with Crippen molar-refractivity contribution in [3.63, 3.8) is 0 Å². The summed E-state index contributed by atoms with van der Waals surface area (Å²) in [5, 5.41) is 0. The van der Waals surface area contributed by atoms with E-state index >= 15 is 0 Å². The van der Waals surface area contributed by atoms with E-state index in [1.807, 2.05) is 0 Å². The Morgan fingerprint density at radius 2 is 2.06 bits per heavy atom. The Kier molecular flexibility index (Phi) is 2.60. The molecule has 0 N–H and O–H groups in total. The zero-order valence-electron chi connectivity index (χ0n) is 10.8. The Morgan fingerprint density at radius 1 is 1.38 bits per heavy atom. The molecule has 1 heteroatoms. The Bertz CT molecular complexity index is 362. The standard InChI is InChI=1S/C15H22O/c1-11-6-7-13-14(3,4)10-12(2)15(11,13)8-5-9-16/h5,8-11,13H,6-7H2,1-4H3/t11-,13+,15-/m1/s1. The molecule has 0 radical (unpaired) electrons. The highest BCUT2D eigenvalue weighted by Crippen LogP contribution is 2.64. The first-order valence-electron chi connectivity index (χ1n) is 6.28. The number of carbonyl (C=O) groups excluding carboxylic acids is 1. The van der Waals surface area contributed by atoms with Gasteiger partial charge in [0, 0.05) is 5.41 Å². The number of carbonyl (C=O) groups is 1. The van der Waals surface area contributed by atoms with Crippen LogP contribution < -0.4 is 0 Å². The van der Waals surface area contributed by atoms with E-state index < -0.39 is 0 Å². The van der Waals surface area contributed by atoms with Crippen molar-refractivity contribution in [2.75, 3.05) is 0 Å². The van der Waals surface area contributed by atoms with Crippen LogP contribution in [0.4, 0.5) is 0 Å². The smallest absolute Gasteiger partial charge is 0.142 e. The summed E-state index contributed by atoms with van der Waals surface area (Å²) < 4.78 is 0. The summed E-state index contributed by atoms with van der Waals surface area (Å²) in [6, 6.07) is 0. The molecule has 1 nitrogen and oxygen atoms in total. The minimum Gasteiger partial charge on any atom is -0.299 e. The Labute approximate surface area is 98.6 Å². The second-order valence-corrected chi connectivity index (χ2v) is 6.11. The molecule has 0 bridgehead atoms. The van der Waals surface area contributed by atoms with Crippen molar-refractivity contribution in [2.24, 2.45) is 22.7 Å². The molecule has 2 rings (SSSR count). The summed E-state index contributed by atoms with van der Waals surface area (Å²) in [7, 11) is 0. The minimum absolute atomic E-state index is 0.157. The van der Waals surface area contributed by atoms with Crippen LogP contribution in [0.5, 0.6) is 0 Å². The fourth-order valence-corrected chi connectivity index (χ4v) is 4.28. The minimum atomic E-state index is 0.157. The van der Waals surface area contributed by atoms with Gasteiger partial charge in [0.05, 0.1) is 0 Å². The third kappa shape index (κ3) is 1.33. The fraction of sp³-hybridized carbons (Fsp3) is 0.667. The van der Waals surface area contributed by atoms with E-state index in [-0.39, 0.29) is 10.8 Å². The zero-order chi connectivity index (χ0) is 12.0. The normalized spacial score (nSPS) is 41.1. The molecule has 2 aliphatic rings. The van der Waals surface area contributed by atoms with Crippen LogP contribution in [0.1, 0.15) is 40.5 Å². The van der Waals surface area contributed by atoms with Gasteiger partial charge in [-0.3, -0.25) is 4.79 Å². The molecule has 0 unspecified atom stereocenters. The summed E-state index contributed by atoms with van der Waals surface area (Å²) in [6.07, 6.45) is 9.77. The van der Waals surface area contributed by atoms with E-state index in [9.17, 15) is 4.79 Å². The number of allylic oxidation sites excluding steroid dienone is 4. The van der Waals surface area contributed by atoms with Crippen LogP contribution >= 0.6 is 0 Å². The molecule has 16 heavy (non-hydrogen) atoms. The summed E-state index contributed by atoms with van der Waals surface area (Å²) in [5.74, 6) is 1.33. The van der Waals surface area contributed by atoms with E-state index in [1.54, 1.807) is 6.08 Å². The lowest BCUT2D eigenvalue weighted by Gasteiger charge is -2.37. The van der Waals surface area contributed by atoms with Crippen LogP contribution in [-0.4, -0.2) is 6.29 Å². The maximum atomic E-state index is 10.6. The summed E-state index contributed by atoms with van der Waals surface area (Å²) in [4.78, 5) is 10.6. The van der Waals surface area contributed by atoms with Crippen LogP contribution in [0.25, 0.3) is 0 Å². The molecule has 0 saturated heterocycles. The highest BCUT2D eigenvalue weighted by molar-refractivity contribution is 5.65. The van der Waals surface area contributed by atoms with Crippen molar-refractivity contribution < 1.29 is 4.79 Å². The lowest BCUT2D eigenvalue weighted by atomic mass is 9.66. The molecule has 0 aliphatic heterocycles. The topological polar surface area (TPSA) is 17.1 Å². The monoisotopic (exact) mass is 218 g/mol. The van der Waals surface area contributed by atoms with E-state index in [4.69, 9.17) is 0 Å². The van der Waals surface area contributed by atoms with Crippen molar-refractivity contribution in [3.05, 3.63) is 23.8 Å². The third-order valence-electron chi connectivity index (χ3n) is 4.90. The van der Waals surface area contributed by atoms with Gasteiger partial charge in [-0.1, -0.05) is 38.5 Å². The maximum Gasteiger partial charge on any atom is 0.142 e. The summed E-state index contributed by atoms with van der Waals surface area (Å²) in [5.41, 5.74) is 1.90. The quantitative estimate of drug-likeness (QED) is 0.392. The first kappa shape index (κ1) is 11.6. The molecule has 88 valence electrons. The molecule has 0 heterocycles. The SMILES string of the molecule is CC1=CC(C)(C)[C@@H]2CC[C@@H](C)[C@]12C=CC=O. The molecule has 0 amide bonds. The van der Waals surface area contributed by atoms with Crippen LogP contribution in [-0.2, 0) is 4.79 Å². The molecule has 2 aliphatic carbocycles. The van der Waals surface area contributed by atoms with Crippen LogP contribution in [0.3, 0.4) is 0 Å². The first-order chi connectivity index (χ1) is 7.45. The van der Waals surface area contributed by atoms with Crippen LogP contribution in [0.15, 0.2) is 23.8 Å². The fourth-order valence-electron chi connectivity index (χ4n) is 4.28. The van der Waals surface area contributed by atoms with Crippen LogP contribution in [0, 0.1) is 22.7 Å².